The molecule has 1 aliphatic heterocycles. The molecule has 1 saturated heterocycles. The maximum atomic E-state index is 12.5. The van der Waals surface area contributed by atoms with E-state index in [1.807, 2.05) is 0 Å². The van der Waals surface area contributed by atoms with Crippen LogP contribution in [0.4, 0.5) is 0 Å². The predicted octanol–water partition coefficient (Wildman–Crippen LogP) is 0.537. The number of nitrogens with zero attached hydrogens (tertiary/aromatic N) is 1. The van der Waals surface area contributed by atoms with Gasteiger partial charge in [-0.1, -0.05) is 0 Å². The van der Waals surface area contributed by atoms with E-state index in [1.165, 1.54) is 7.11 Å². The highest BCUT2D eigenvalue weighted by Crippen LogP contribution is 2.26. The number of hydrogen-bond acceptors (Lipinski definition) is 5. The number of amides is 1. The lowest BCUT2D eigenvalue weighted by molar-refractivity contribution is -0.0447. The van der Waals surface area contributed by atoms with Gasteiger partial charge in [-0.2, -0.15) is 0 Å². The van der Waals surface area contributed by atoms with Crippen molar-refractivity contribution < 1.29 is 24.1 Å². The Morgan fingerprint density at radius 1 is 1.45 bits per heavy atom. The van der Waals surface area contributed by atoms with Crippen LogP contribution in [0.15, 0.2) is 18.2 Å². The first-order chi connectivity index (χ1) is 9.69. The highest BCUT2D eigenvalue weighted by atomic mass is 16.5. The topological polar surface area (TPSA) is 68.2 Å². The molecule has 20 heavy (non-hydrogen) atoms. The highest BCUT2D eigenvalue weighted by molar-refractivity contribution is 5.97. The summed E-state index contributed by atoms with van der Waals surface area (Å²) in [5.41, 5.74) is 0.479. The molecule has 0 radical (unpaired) electrons. The van der Waals surface area contributed by atoms with Crippen LogP contribution in [0.5, 0.6) is 11.5 Å². The number of carbonyl (C=O) groups excluding carboxylic acids is 1. The second kappa shape index (κ2) is 6.58. The van der Waals surface area contributed by atoms with E-state index < -0.39 is 0 Å². The monoisotopic (exact) mass is 281 g/mol. The van der Waals surface area contributed by atoms with Crippen molar-refractivity contribution in [2.45, 2.75) is 6.10 Å². The normalized spacial score (nSPS) is 18.8. The van der Waals surface area contributed by atoms with Gasteiger partial charge in [0.05, 0.1) is 39.1 Å². The number of morpholine rings is 1. The standard InChI is InChI=1S/C14H19NO5/c1-18-10-3-4-12(13(7-10)19-2)14(17)15-5-6-20-11(8-15)9-16/h3-4,7,11,16H,5-6,8-9H2,1-2H3. The number of rotatable bonds is 4. The van der Waals surface area contributed by atoms with Crippen LogP contribution in [0, 0.1) is 0 Å². The number of aliphatic hydroxyl groups excluding tert-OH is 1. The minimum Gasteiger partial charge on any atom is -0.497 e. The average molecular weight is 281 g/mol. The summed E-state index contributed by atoms with van der Waals surface area (Å²) in [4.78, 5) is 14.2. The Kier molecular flexibility index (Phi) is 4.81. The summed E-state index contributed by atoms with van der Waals surface area (Å²) < 4.78 is 15.7. The van der Waals surface area contributed by atoms with E-state index in [1.54, 1.807) is 30.2 Å². The van der Waals surface area contributed by atoms with Crippen LogP contribution in [0.1, 0.15) is 10.4 Å². The number of carbonyl (C=O) groups is 1. The summed E-state index contributed by atoms with van der Waals surface area (Å²) in [6.45, 7) is 1.22. The Morgan fingerprint density at radius 3 is 2.90 bits per heavy atom. The molecule has 2 rings (SSSR count). The van der Waals surface area contributed by atoms with Crippen molar-refractivity contribution in [1.29, 1.82) is 0 Å². The fourth-order valence-electron chi connectivity index (χ4n) is 2.16. The summed E-state index contributed by atoms with van der Waals surface area (Å²) in [5.74, 6) is 0.973. The first kappa shape index (κ1) is 14.6. The summed E-state index contributed by atoms with van der Waals surface area (Å²) in [5, 5.41) is 9.13. The summed E-state index contributed by atoms with van der Waals surface area (Å²) >= 11 is 0. The predicted molar refractivity (Wildman–Crippen MR) is 72.3 cm³/mol. The molecule has 110 valence electrons. The molecule has 0 aliphatic carbocycles. The van der Waals surface area contributed by atoms with E-state index in [-0.39, 0.29) is 18.6 Å². The molecule has 1 fully saturated rings. The van der Waals surface area contributed by atoms with Gasteiger partial charge in [0.25, 0.3) is 5.91 Å². The number of methoxy groups -OCH3 is 2. The molecule has 1 aromatic rings. The fraction of sp³-hybridized carbons (Fsp3) is 0.500. The second-order valence-corrected chi connectivity index (χ2v) is 4.49. The Labute approximate surface area is 117 Å². The highest BCUT2D eigenvalue weighted by Gasteiger charge is 2.26. The van der Waals surface area contributed by atoms with Gasteiger partial charge in [-0.3, -0.25) is 4.79 Å². The quantitative estimate of drug-likeness (QED) is 0.872. The van der Waals surface area contributed by atoms with Crippen molar-refractivity contribution in [2.24, 2.45) is 0 Å². The molecule has 1 aliphatic rings. The number of benzene rings is 1. The fourth-order valence-corrected chi connectivity index (χ4v) is 2.16. The lowest BCUT2D eigenvalue weighted by atomic mass is 10.1. The van der Waals surface area contributed by atoms with Crippen molar-refractivity contribution in [3.8, 4) is 11.5 Å². The molecule has 0 saturated carbocycles. The van der Waals surface area contributed by atoms with Gasteiger partial charge >= 0.3 is 0 Å². The van der Waals surface area contributed by atoms with Crippen molar-refractivity contribution >= 4 is 5.91 Å². The second-order valence-electron chi connectivity index (χ2n) is 4.49. The molecule has 1 atom stereocenters. The Balaban J connectivity index is 2.19. The molecule has 1 aromatic carbocycles. The number of ether oxygens (including phenoxy) is 3. The van der Waals surface area contributed by atoms with E-state index in [0.29, 0.717) is 36.8 Å². The zero-order valence-electron chi connectivity index (χ0n) is 11.7. The zero-order chi connectivity index (χ0) is 14.5. The van der Waals surface area contributed by atoms with Crippen LogP contribution in [0.25, 0.3) is 0 Å². The van der Waals surface area contributed by atoms with Crippen molar-refractivity contribution in [2.75, 3.05) is 40.5 Å². The summed E-state index contributed by atoms with van der Waals surface area (Å²) in [7, 11) is 3.07. The third-order valence-electron chi connectivity index (χ3n) is 3.27. The molecule has 6 heteroatoms. The number of aliphatic hydroxyl groups is 1. The maximum absolute atomic E-state index is 12.5. The van der Waals surface area contributed by atoms with Crippen LogP contribution >= 0.6 is 0 Å². The first-order valence-corrected chi connectivity index (χ1v) is 6.43. The van der Waals surface area contributed by atoms with Crippen LogP contribution in [-0.2, 0) is 4.74 Å². The number of hydrogen-bond donors (Lipinski definition) is 1. The third kappa shape index (κ3) is 3.02. The van der Waals surface area contributed by atoms with Gasteiger partial charge in [0.1, 0.15) is 11.5 Å². The molecular formula is C14H19NO5. The molecule has 0 spiro atoms. The Hall–Kier alpha value is -1.79. The first-order valence-electron chi connectivity index (χ1n) is 6.43. The van der Waals surface area contributed by atoms with Crippen LogP contribution in [0.2, 0.25) is 0 Å². The van der Waals surface area contributed by atoms with E-state index in [9.17, 15) is 4.79 Å². The van der Waals surface area contributed by atoms with Gasteiger partial charge in [0.2, 0.25) is 0 Å². The van der Waals surface area contributed by atoms with Gasteiger partial charge in [0, 0.05) is 19.2 Å². The lowest BCUT2D eigenvalue weighted by Gasteiger charge is -2.32. The molecule has 0 bridgehead atoms. The lowest BCUT2D eigenvalue weighted by Crippen LogP contribution is -2.46. The van der Waals surface area contributed by atoms with Crippen LogP contribution in [0.3, 0.4) is 0 Å². The minimum atomic E-state index is -0.322. The maximum Gasteiger partial charge on any atom is 0.257 e. The summed E-state index contributed by atoms with van der Waals surface area (Å²) in [6, 6.07) is 5.08. The smallest absolute Gasteiger partial charge is 0.257 e. The van der Waals surface area contributed by atoms with E-state index in [4.69, 9.17) is 19.3 Å². The van der Waals surface area contributed by atoms with E-state index in [0.717, 1.165) is 0 Å². The average Bonchev–Trinajstić information content (AvgIpc) is 2.53. The van der Waals surface area contributed by atoms with Crippen LogP contribution < -0.4 is 9.47 Å². The van der Waals surface area contributed by atoms with E-state index >= 15 is 0 Å². The third-order valence-corrected chi connectivity index (χ3v) is 3.27. The van der Waals surface area contributed by atoms with Gasteiger partial charge in [0.15, 0.2) is 0 Å². The molecule has 1 amide bonds. The molecule has 6 nitrogen and oxygen atoms in total. The molecular weight excluding hydrogens is 262 g/mol. The van der Waals surface area contributed by atoms with Gasteiger partial charge < -0.3 is 24.2 Å². The van der Waals surface area contributed by atoms with Crippen LogP contribution in [-0.4, -0.2) is 62.5 Å². The Bertz CT molecular complexity index is 477. The molecule has 1 unspecified atom stereocenters. The summed E-state index contributed by atoms with van der Waals surface area (Å²) in [6.07, 6.45) is -0.322. The van der Waals surface area contributed by atoms with Crippen molar-refractivity contribution in [3.63, 3.8) is 0 Å². The Morgan fingerprint density at radius 2 is 2.25 bits per heavy atom. The minimum absolute atomic E-state index is 0.0937. The van der Waals surface area contributed by atoms with Gasteiger partial charge in [-0.25, -0.2) is 0 Å². The van der Waals surface area contributed by atoms with E-state index in [2.05, 4.69) is 0 Å². The molecule has 1 N–H and O–H groups in total. The largest absolute Gasteiger partial charge is 0.497 e. The van der Waals surface area contributed by atoms with Crippen molar-refractivity contribution in [1.82, 2.24) is 4.90 Å². The molecule has 0 aromatic heterocycles. The zero-order valence-corrected chi connectivity index (χ0v) is 11.7. The SMILES string of the molecule is COc1ccc(C(=O)N2CCOC(CO)C2)c(OC)c1. The van der Waals surface area contributed by atoms with Gasteiger partial charge in [-0.15, -0.1) is 0 Å². The molecule has 1 heterocycles. The van der Waals surface area contributed by atoms with Crippen molar-refractivity contribution in [3.05, 3.63) is 23.8 Å². The van der Waals surface area contributed by atoms with Gasteiger partial charge in [-0.05, 0) is 12.1 Å².